The van der Waals surface area contributed by atoms with E-state index >= 15 is 0 Å². The molecule has 0 aromatic rings. The quantitative estimate of drug-likeness (QED) is 0.0373. The number of esters is 2. The Hall–Kier alpha value is -1.88. The van der Waals surface area contributed by atoms with Gasteiger partial charge in [0.05, 0.1) is 6.61 Å². The SMILES string of the molecule is CCCCCCC/C=C\C/C=C\C/C=C\CCCCCCCCCCCCC(=O)OC(CO)COC(=O)CCCCCCCCCCCCCCCCCCCCCCCCCCCCCCCCCCCCCC. The van der Waals surface area contributed by atoms with Gasteiger partial charge in [-0.25, -0.2) is 0 Å². The van der Waals surface area contributed by atoms with Gasteiger partial charge in [-0.2, -0.15) is 0 Å². The van der Waals surface area contributed by atoms with Gasteiger partial charge in [0.15, 0.2) is 6.10 Å². The van der Waals surface area contributed by atoms with Gasteiger partial charge in [0, 0.05) is 12.8 Å². The Labute approximate surface area is 469 Å². The summed E-state index contributed by atoms with van der Waals surface area (Å²) in [5, 5.41) is 9.69. The van der Waals surface area contributed by atoms with Crippen LogP contribution in [0.25, 0.3) is 0 Å². The van der Waals surface area contributed by atoms with Gasteiger partial charge in [-0.3, -0.25) is 9.59 Å². The van der Waals surface area contributed by atoms with Gasteiger partial charge in [-0.1, -0.05) is 352 Å². The van der Waals surface area contributed by atoms with Gasteiger partial charge in [0.2, 0.25) is 0 Å². The number of aliphatic hydroxyl groups is 1. The summed E-state index contributed by atoms with van der Waals surface area (Å²) in [6, 6.07) is 0. The number of hydrogen-bond donors (Lipinski definition) is 1. The molecule has 1 N–H and O–H groups in total. The predicted molar refractivity (Wildman–Crippen MR) is 330 cm³/mol. The minimum atomic E-state index is -0.774. The number of carbonyl (C=O) groups excluding carboxylic acids is 2. The summed E-state index contributed by atoms with van der Waals surface area (Å²) in [6.07, 6.45) is 87.5. The molecule has 0 aliphatic heterocycles. The number of allylic oxidation sites excluding steroid dienone is 6. The molecule has 1 unspecified atom stereocenters. The number of ether oxygens (including phenoxy) is 2. The second-order valence-electron chi connectivity index (χ2n) is 23.3. The van der Waals surface area contributed by atoms with Crippen molar-refractivity contribution < 1.29 is 24.2 Å². The maximum atomic E-state index is 12.3. The maximum Gasteiger partial charge on any atom is 0.306 e. The molecule has 0 aromatic carbocycles. The first-order valence-corrected chi connectivity index (χ1v) is 34.0. The zero-order valence-corrected chi connectivity index (χ0v) is 50.8. The highest BCUT2D eigenvalue weighted by Crippen LogP contribution is 2.19. The largest absolute Gasteiger partial charge is 0.462 e. The van der Waals surface area contributed by atoms with Crippen LogP contribution in [0.1, 0.15) is 380 Å². The molecule has 5 nitrogen and oxygen atoms in total. The number of hydrogen-bond acceptors (Lipinski definition) is 5. The minimum Gasteiger partial charge on any atom is -0.462 e. The topological polar surface area (TPSA) is 72.8 Å². The van der Waals surface area contributed by atoms with E-state index in [1.807, 2.05) is 0 Å². The first-order chi connectivity index (χ1) is 37.1. The summed E-state index contributed by atoms with van der Waals surface area (Å²) < 4.78 is 10.7. The zero-order valence-electron chi connectivity index (χ0n) is 50.8. The van der Waals surface area contributed by atoms with E-state index < -0.39 is 6.10 Å². The second kappa shape index (κ2) is 66.4. The number of rotatable bonds is 64. The van der Waals surface area contributed by atoms with Crippen LogP contribution in [-0.4, -0.2) is 36.4 Å². The van der Waals surface area contributed by atoms with Gasteiger partial charge in [-0.05, 0) is 51.4 Å². The third-order valence-electron chi connectivity index (χ3n) is 15.7. The molecule has 0 bridgehead atoms. The summed E-state index contributed by atoms with van der Waals surface area (Å²) in [5.41, 5.74) is 0. The summed E-state index contributed by atoms with van der Waals surface area (Å²) in [4.78, 5) is 24.6. The van der Waals surface area contributed by atoms with Gasteiger partial charge in [0.1, 0.15) is 6.61 Å². The maximum absolute atomic E-state index is 12.3. The van der Waals surface area contributed by atoms with Crippen LogP contribution in [0.4, 0.5) is 0 Å². The van der Waals surface area contributed by atoms with Crippen molar-refractivity contribution in [1.82, 2.24) is 0 Å². The van der Waals surface area contributed by atoms with Crippen LogP contribution < -0.4 is 0 Å². The molecule has 1 atom stereocenters. The van der Waals surface area contributed by atoms with Crippen molar-refractivity contribution in [3.05, 3.63) is 36.5 Å². The highest BCUT2D eigenvalue weighted by molar-refractivity contribution is 5.70. The molecule has 5 heteroatoms. The molecular weight excluding hydrogens is 921 g/mol. The molecule has 0 aliphatic rings. The monoisotopic (exact) mass is 1050 g/mol. The van der Waals surface area contributed by atoms with Crippen LogP contribution >= 0.6 is 0 Å². The average Bonchev–Trinajstić information content (AvgIpc) is 3.41. The lowest BCUT2D eigenvalue weighted by Crippen LogP contribution is -2.28. The van der Waals surface area contributed by atoms with Gasteiger partial charge in [0.25, 0.3) is 0 Å². The molecular formula is C70H132O5. The number of unbranched alkanes of at least 4 members (excludes halogenated alkanes) is 50. The molecule has 0 amide bonds. The molecule has 0 aliphatic carbocycles. The lowest BCUT2D eigenvalue weighted by molar-refractivity contribution is -0.161. The van der Waals surface area contributed by atoms with Crippen LogP contribution in [0, 0.1) is 0 Å². The Morgan fingerprint density at radius 3 is 0.800 bits per heavy atom. The standard InChI is InChI=1S/C70H132O5/c1-3-5-7-9-11-13-15-17-19-21-23-25-27-29-30-31-32-33-34-35-36-37-38-39-41-42-44-46-48-50-52-54-56-58-60-62-64-69(72)74-67-68(66-71)75-70(73)65-63-61-59-57-55-53-51-49-47-45-43-40-28-26-24-22-20-18-16-14-12-10-8-6-4-2/h16,18,22,24,28,40,68,71H,3-15,17,19-21,23,25-27,29-39,41-67H2,1-2H3/b18-16-,24-22-,40-28-. The highest BCUT2D eigenvalue weighted by Gasteiger charge is 2.16. The molecule has 0 saturated heterocycles. The van der Waals surface area contributed by atoms with Crippen LogP contribution in [0.3, 0.4) is 0 Å². The van der Waals surface area contributed by atoms with E-state index in [0.717, 1.165) is 44.9 Å². The van der Waals surface area contributed by atoms with Crippen molar-refractivity contribution in [2.45, 2.75) is 386 Å². The minimum absolute atomic E-state index is 0.0628. The Morgan fingerprint density at radius 1 is 0.307 bits per heavy atom. The molecule has 0 spiro atoms. The zero-order chi connectivity index (χ0) is 54.1. The molecule has 0 saturated carbocycles. The van der Waals surface area contributed by atoms with E-state index in [-0.39, 0.29) is 25.2 Å². The van der Waals surface area contributed by atoms with Crippen molar-refractivity contribution in [3.8, 4) is 0 Å². The first kappa shape index (κ1) is 73.1. The van der Waals surface area contributed by atoms with E-state index in [9.17, 15) is 14.7 Å². The van der Waals surface area contributed by atoms with Crippen LogP contribution in [0.2, 0.25) is 0 Å². The highest BCUT2D eigenvalue weighted by atomic mass is 16.6. The smallest absolute Gasteiger partial charge is 0.306 e. The van der Waals surface area contributed by atoms with E-state index in [0.29, 0.717) is 12.8 Å². The molecule has 0 radical (unpaired) electrons. The molecule has 0 heterocycles. The fourth-order valence-electron chi connectivity index (χ4n) is 10.6. The van der Waals surface area contributed by atoms with Gasteiger partial charge in [-0.15, -0.1) is 0 Å². The van der Waals surface area contributed by atoms with E-state index in [1.165, 1.54) is 308 Å². The van der Waals surface area contributed by atoms with Crippen molar-refractivity contribution in [2.75, 3.05) is 13.2 Å². The molecule has 442 valence electrons. The average molecular weight is 1050 g/mol. The van der Waals surface area contributed by atoms with Crippen molar-refractivity contribution in [1.29, 1.82) is 0 Å². The van der Waals surface area contributed by atoms with Crippen molar-refractivity contribution in [3.63, 3.8) is 0 Å². The van der Waals surface area contributed by atoms with Crippen LogP contribution in [0.15, 0.2) is 36.5 Å². The third kappa shape index (κ3) is 64.5. The molecule has 0 fully saturated rings. The van der Waals surface area contributed by atoms with Crippen molar-refractivity contribution >= 4 is 11.9 Å². The van der Waals surface area contributed by atoms with E-state index in [4.69, 9.17) is 9.47 Å². The molecule has 75 heavy (non-hydrogen) atoms. The second-order valence-corrected chi connectivity index (χ2v) is 23.3. The Morgan fingerprint density at radius 2 is 0.533 bits per heavy atom. The summed E-state index contributed by atoms with van der Waals surface area (Å²) in [5.74, 6) is -0.575. The van der Waals surface area contributed by atoms with Gasteiger partial charge < -0.3 is 14.6 Å². The summed E-state index contributed by atoms with van der Waals surface area (Å²) >= 11 is 0. The fourth-order valence-corrected chi connectivity index (χ4v) is 10.6. The predicted octanol–water partition coefficient (Wildman–Crippen LogP) is 23.4. The lowest BCUT2D eigenvalue weighted by Gasteiger charge is -2.15. The number of carbonyl (C=O) groups is 2. The van der Waals surface area contributed by atoms with Crippen LogP contribution in [-0.2, 0) is 19.1 Å². The normalized spacial score (nSPS) is 12.3. The van der Waals surface area contributed by atoms with Crippen molar-refractivity contribution in [2.24, 2.45) is 0 Å². The van der Waals surface area contributed by atoms with E-state index in [2.05, 4.69) is 50.3 Å². The first-order valence-electron chi connectivity index (χ1n) is 34.0. The molecule has 0 aromatic heterocycles. The Balaban J connectivity index is 3.39. The molecule has 0 rings (SSSR count). The summed E-state index contributed by atoms with van der Waals surface area (Å²) in [7, 11) is 0. The Bertz CT molecular complexity index is 1190. The lowest BCUT2D eigenvalue weighted by atomic mass is 10.0. The van der Waals surface area contributed by atoms with Gasteiger partial charge >= 0.3 is 11.9 Å². The fraction of sp³-hybridized carbons (Fsp3) is 0.886. The van der Waals surface area contributed by atoms with E-state index in [1.54, 1.807) is 0 Å². The number of aliphatic hydroxyl groups excluding tert-OH is 1. The third-order valence-corrected chi connectivity index (χ3v) is 15.7. The Kier molecular flexibility index (Phi) is 64.7. The summed E-state index contributed by atoms with van der Waals surface area (Å²) in [6.45, 7) is 4.18. The van der Waals surface area contributed by atoms with Crippen LogP contribution in [0.5, 0.6) is 0 Å².